The summed E-state index contributed by atoms with van der Waals surface area (Å²) in [7, 11) is 0. The third-order valence-electron chi connectivity index (χ3n) is 3.95. The zero-order valence-corrected chi connectivity index (χ0v) is 10.6. The monoisotopic (exact) mass is 250 g/mol. The van der Waals surface area contributed by atoms with Gasteiger partial charge in [0.05, 0.1) is 11.3 Å². The molecule has 1 aromatic carbocycles. The summed E-state index contributed by atoms with van der Waals surface area (Å²) in [6, 6.07) is 4.35. The molecule has 2 nitrogen and oxygen atoms in total. The van der Waals surface area contributed by atoms with Crippen molar-refractivity contribution in [3.63, 3.8) is 0 Å². The first-order chi connectivity index (χ1) is 8.50. The Balaban J connectivity index is 2.12. The van der Waals surface area contributed by atoms with Crippen molar-refractivity contribution >= 4 is 5.69 Å². The molecule has 1 fully saturated rings. The van der Waals surface area contributed by atoms with Gasteiger partial charge in [-0.05, 0) is 36.3 Å². The second-order valence-electron chi connectivity index (χ2n) is 5.27. The molecule has 1 N–H and O–H groups in total. The Kier molecular flexibility index (Phi) is 3.25. The van der Waals surface area contributed by atoms with E-state index < -0.39 is 11.6 Å². The maximum absolute atomic E-state index is 13.7. The summed E-state index contributed by atoms with van der Waals surface area (Å²) in [5, 5.41) is 11.6. The highest BCUT2D eigenvalue weighted by Gasteiger charge is 2.45. The van der Waals surface area contributed by atoms with E-state index in [1.165, 1.54) is 12.1 Å². The highest BCUT2D eigenvalue weighted by molar-refractivity contribution is 5.50. The SMILES string of the molecule is CC(C)C1(CNc2ccc(C#N)c(F)c2F)CC1. The first-order valence-corrected chi connectivity index (χ1v) is 6.12. The second kappa shape index (κ2) is 4.56. The second-order valence-corrected chi connectivity index (χ2v) is 5.27. The lowest BCUT2D eigenvalue weighted by Gasteiger charge is -2.21. The molecular formula is C14H16F2N2. The lowest BCUT2D eigenvalue weighted by molar-refractivity contribution is 0.379. The van der Waals surface area contributed by atoms with Crippen molar-refractivity contribution in [1.29, 1.82) is 5.26 Å². The Labute approximate surface area is 106 Å². The van der Waals surface area contributed by atoms with Crippen LogP contribution in [0.15, 0.2) is 12.1 Å². The highest BCUT2D eigenvalue weighted by atomic mass is 19.2. The molecule has 1 aromatic rings. The molecule has 0 spiro atoms. The van der Waals surface area contributed by atoms with Gasteiger partial charge in [0, 0.05) is 6.54 Å². The lowest BCUT2D eigenvalue weighted by Crippen LogP contribution is -2.21. The molecule has 0 unspecified atom stereocenters. The summed E-state index contributed by atoms with van der Waals surface area (Å²) >= 11 is 0. The van der Waals surface area contributed by atoms with Crippen molar-refractivity contribution in [3.05, 3.63) is 29.3 Å². The summed E-state index contributed by atoms with van der Waals surface area (Å²) in [5.41, 5.74) is 0.0954. The quantitative estimate of drug-likeness (QED) is 0.884. The Morgan fingerprint density at radius 3 is 2.50 bits per heavy atom. The van der Waals surface area contributed by atoms with Crippen LogP contribution in [-0.4, -0.2) is 6.54 Å². The first-order valence-electron chi connectivity index (χ1n) is 6.12. The van der Waals surface area contributed by atoms with Crippen LogP contribution in [0.4, 0.5) is 14.5 Å². The largest absolute Gasteiger partial charge is 0.382 e. The van der Waals surface area contributed by atoms with Crippen LogP contribution >= 0.6 is 0 Å². The Morgan fingerprint density at radius 2 is 2.00 bits per heavy atom. The number of nitrogens with zero attached hydrogens (tertiary/aromatic N) is 1. The third kappa shape index (κ3) is 2.17. The molecule has 2 rings (SSSR count). The van der Waals surface area contributed by atoms with Crippen molar-refractivity contribution in [3.8, 4) is 6.07 Å². The van der Waals surface area contributed by atoms with E-state index in [1.54, 1.807) is 6.07 Å². The molecule has 0 heterocycles. The zero-order valence-electron chi connectivity index (χ0n) is 10.6. The molecule has 0 saturated heterocycles. The van der Waals surface area contributed by atoms with Crippen molar-refractivity contribution in [1.82, 2.24) is 0 Å². The van der Waals surface area contributed by atoms with E-state index in [0.717, 1.165) is 12.8 Å². The average Bonchev–Trinajstić information content (AvgIpc) is 3.12. The summed E-state index contributed by atoms with van der Waals surface area (Å²) < 4.78 is 27.1. The first kappa shape index (κ1) is 12.8. The van der Waals surface area contributed by atoms with Gasteiger partial charge < -0.3 is 5.32 Å². The molecule has 1 aliphatic rings. The maximum Gasteiger partial charge on any atom is 0.183 e. The molecule has 0 atom stereocenters. The van der Waals surface area contributed by atoms with Crippen molar-refractivity contribution < 1.29 is 8.78 Å². The third-order valence-corrected chi connectivity index (χ3v) is 3.95. The van der Waals surface area contributed by atoms with Gasteiger partial charge in [0.15, 0.2) is 11.6 Å². The number of hydrogen-bond donors (Lipinski definition) is 1. The van der Waals surface area contributed by atoms with Crippen LogP contribution in [0.1, 0.15) is 32.3 Å². The molecule has 18 heavy (non-hydrogen) atoms. The van der Waals surface area contributed by atoms with Crippen molar-refractivity contribution in [2.45, 2.75) is 26.7 Å². The molecule has 0 aliphatic heterocycles. The fourth-order valence-electron chi connectivity index (χ4n) is 2.16. The van der Waals surface area contributed by atoms with Crippen LogP contribution in [0.3, 0.4) is 0 Å². The Morgan fingerprint density at radius 1 is 1.33 bits per heavy atom. The highest BCUT2D eigenvalue weighted by Crippen LogP contribution is 2.51. The number of halogens is 2. The van der Waals surface area contributed by atoms with Gasteiger partial charge in [0.1, 0.15) is 6.07 Å². The average molecular weight is 250 g/mol. The number of benzene rings is 1. The minimum absolute atomic E-state index is 0.137. The molecule has 1 saturated carbocycles. The van der Waals surface area contributed by atoms with Crippen LogP contribution in [0, 0.1) is 34.3 Å². The van der Waals surface area contributed by atoms with Crippen LogP contribution < -0.4 is 5.32 Å². The minimum Gasteiger partial charge on any atom is -0.382 e. The minimum atomic E-state index is -1.07. The van der Waals surface area contributed by atoms with Gasteiger partial charge in [-0.15, -0.1) is 0 Å². The molecule has 4 heteroatoms. The van der Waals surface area contributed by atoms with Gasteiger partial charge in [-0.3, -0.25) is 0 Å². The van der Waals surface area contributed by atoms with Crippen LogP contribution in [0.25, 0.3) is 0 Å². The smallest absolute Gasteiger partial charge is 0.183 e. The standard InChI is InChI=1S/C14H16F2N2/c1-9(2)14(5-6-14)8-18-11-4-3-10(7-17)12(15)13(11)16/h3-4,9,18H,5-6,8H2,1-2H3. The van der Waals surface area contributed by atoms with E-state index >= 15 is 0 Å². The van der Waals surface area contributed by atoms with Crippen LogP contribution in [0.5, 0.6) is 0 Å². The molecule has 0 aromatic heterocycles. The van der Waals surface area contributed by atoms with Gasteiger partial charge in [0.2, 0.25) is 0 Å². The predicted molar refractivity (Wildman–Crippen MR) is 66.1 cm³/mol. The van der Waals surface area contributed by atoms with Gasteiger partial charge in [-0.2, -0.15) is 5.26 Å². The van der Waals surface area contributed by atoms with Crippen molar-refractivity contribution in [2.24, 2.45) is 11.3 Å². The van der Waals surface area contributed by atoms with E-state index in [4.69, 9.17) is 5.26 Å². The number of rotatable bonds is 4. The molecule has 96 valence electrons. The maximum atomic E-state index is 13.7. The predicted octanol–water partition coefficient (Wildman–Crippen LogP) is 3.68. The summed E-state index contributed by atoms with van der Waals surface area (Å²) in [6.07, 6.45) is 2.25. The molecule has 1 aliphatic carbocycles. The van der Waals surface area contributed by atoms with E-state index in [2.05, 4.69) is 19.2 Å². The summed E-state index contributed by atoms with van der Waals surface area (Å²) in [6.45, 7) is 4.93. The molecule has 0 bridgehead atoms. The van der Waals surface area contributed by atoms with E-state index in [1.807, 2.05) is 0 Å². The van der Waals surface area contributed by atoms with Gasteiger partial charge >= 0.3 is 0 Å². The van der Waals surface area contributed by atoms with Crippen molar-refractivity contribution in [2.75, 3.05) is 11.9 Å². The Bertz CT molecular complexity index is 499. The van der Waals surface area contributed by atoms with E-state index in [9.17, 15) is 8.78 Å². The fraction of sp³-hybridized carbons (Fsp3) is 0.500. The van der Waals surface area contributed by atoms with E-state index in [0.29, 0.717) is 12.5 Å². The fourth-order valence-corrected chi connectivity index (χ4v) is 2.16. The molecule has 0 amide bonds. The number of anilines is 1. The van der Waals surface area contributed by atoms with Crippen LogP contribution in [-0.2, 0) is 0 Å². The molecule has 0 radical (unpaired) electrons. The van der Waals surface area contributed by atoms with Gasteiger partial charge in [-0.25, -0.2) is 8.78 Å². The van der Waals surface area contributed by atoms with Crippen LogP contribution in [0.2, 0.25) is 0 Å². The zero-order chi connectivity index (χ0) is 13.3. The summed E-state index contributed by atoms with van der Waals surface area (Å²) in [4.78, 5) is 0. The lowest BCUT2D eigenvalue weighted by atomic mass is 9.92. The summed E-state index contributed by atoms with van der Waals surface area (Å²) in [5.74, 6) is -1.51. The number of nitrogens with one attached hydrogen (secondary N) is 1. The topological polar surface area (TPSA) is 35.8 Å². The van der Waals surface area contributed by atoms with E-state index in [-0.39, 0.29) is 16.7 Å². The Hall–Kier alpha value is -1.63. The van der Waals surface area contributed by atoms with Gasteiger partial charge in [0.25, 0.3) is 0 Å². The number of nitriles is 1. The van der Waals surface area contributed by atoms with Gasteiger partial charge in [-0.1, -0.05) is 13.8 Å². The number of hydrogen-bond acceptors (Lipinski definition) is 2. The molecular weight excluding hydrogens is 234 g/mol. The normalized spacial score (nSPS) is 16.4.